The first-order chi connectivity index (χ1) is 17.3. The molecule has 36 heavy (non-hydrogen) atoms. The molecule has 0 unspecified atom stereocenters. The van der Waals surface area contributed by atoms with Crippen LogP contribution in [0.1, 0.15) is 26.4 Å². The summed E-state index contributed by atoms with van der Waals surface area (Å²) in [6, 6.07) is 13.3. The van der Waals surface area contributed by atoms with E-state index in [1.165, 1.54) is 23.1 Å². The Balaban J connectivity index is 1.20. The van der Waals surface area contributed by atoms with Gasteiger partial charge >= 0.3 is 6.18 Å². The van der Waals surface area contributed by atoms with Crippen molar-refractivity contribution in [3.8, 4) is 0 Å². The number of aromatic amines is 1. The molecule has 3 heterocycles. The van der Waals surface area contributed by atoms with Crippen LogP contribution in [0.3, 0.4) is 0 Å². The fourth-order valence-corrected chi connectivity index (χ4v) is 4.05. The van der Waals surface area contributed by atoms with E-state index in [0.717, 1.165) is 17.0 Å². The van der Waals surface area contributed by atoms with Crippen LogP contribution in [0.25, 0.3) is 10.9 Å². The number of aromatic nitrogens is 4. The number of carbonyl (C=O) groups is 2. The number of hydrogen-bond donors (Lipinski definition) is 2. The number of alkyl halides is 3. The second kappa shape index (κ2) is 9.29. The number of amides is 2. The van der Waals surface area contributed by atoms with Crippen LogP contribution in [0, 0.1) is 0 Å². The fraction of sp³-hybridized carbons (Fsp3) is 0.208. The minimum absolute atomic E-state index is 0.126. The maximum absolute atomic E-state index is 13.3. The summed E-state index contributed by atoms with van der Waals surface area (Å²) in [7, 11) is 0. The monoisotopic (exact) mass is 495 g/mol. The zero-order valence-corrected chi connectivity index (χ0v) is 18.8. The maximum atomic E-state index is 13.3. The number of hydrogen-bond acceptors (Lipinski definition) is 6. The van der Waals surface area contributed by atoms with Crippen LogP contribution >= 0.6 is 0 Å². The molecule has 2 N–H and O–H groups in total. The van der Waals surface area contributed by atoms with Gasteiger partial charge in [0.2, 0.25) is 0 Å². The Morgan fingerprint density at radius 2 is 1.72 bits per heavy atom. The number of anilines is 2. The molecule has 0 aliphatic carbocycles. The van der Waals surface area contributed by atoms with Gasteiger partial charge in [0.05, 0.1) is 22.8 Å². The largest absolute Gasteiger partial charge is 0.417 e. The molecular weight excluding hydrogens is 475 g/mol. The lowest BCUT2D eigenvalue weighted by Gasteiger charge is -2.35. The molecule has 0 spiro atoms. The molecular formula is C24H20F3N7O2. The van der Waals surface area contributed by atoms with Gasteiger partial charge in [-0.25, -0.2) is 0 Å². The third-order valence-electron chi connectivity index (χ3n) is 5.94. The predicted molar refractivity (Wildman–Crippen MR) is 126 cm³/mol. The van der Waals surface area contributed by atoms with Gasteiger partial charge in [-0.05, 0) is 42.5 Å². The summed E-state index contributed by atoms with van der Waals surface area (Å²) in [5.74, 6) is -0.575. The Morgan fingerprint density at radius 1 is 0.944 bits per heavy atom. The summed E-state index contributed by atoms with van der Waals surface area (Å²) >= 11 is 0. The molecule has 4 aromatic rings. The second-order valence-electron chi connectivity index (χ2n) is 8.23. The first-order valence-electron chi connectivity index (χ1n) is 11.1. The summed E-state index contributed by atoms with van der Waals surface area (Å²) in [6.45, 7) is 1.19. The van der Waals surface area contributed by atoms with Gasteiger partial charge in [0.25, 0.3) is 11.8 Å². The van der Waals surface area contributed by atoms with Crippen LogP contribution in [0.4, 0.5) is 24.7 Å². The molecule has 0 radical (unpaired) electrons. The van der Waals surface area contributed by atoms with E-state index in [1.807, 2.05) is 11.0 Å². The molecule has 1 aliphatic rings. The van der Waals surface area contributed by atoms with Crippen molar-refractivity contribution < 1.29 is 22.8 Å². The minimum atomic E-state index is -4.61. The molecule has 12 heteroatoms. The van der Waals surface area contributed by atoms with Crippen molar-refractivity contribution in [3.05, 3.63) is 77.6 Å². The van der Waals surface area contributed by atoms with E-state index in [9.17, 15) is 22.8 Å². The van der Waals surface area contributed by atoms with E-state index < -0.39 is 23.6 Å². The topological polar surface area (TPSA) is 107 Å². The highest BCUT2D eigenvalue weighted by molar-refractivity contribution is 6.03. The lowest BCUT2D eigenvalue weighted by molar-refractivity contribution is -0.138. The van der Waals surface area contributed by atoms with E-state index in [4.69, 9.17) is 0 Å². The van der Waals surface area contributed by atoms with Crippen molar-refractivity contribution in [2.24, 2.45) is 0 Å². The molecule has 2 aromatic carbocycles. The zero-order valence-electron chi connectivity index (χ0n) is 18.8. The van der Waals surface area contributed by atoms with Gasteiger partial charge in [-0.2, -0.15) is 18.3 Å². The van der Waals surface area contributed by atoms with E-state index in [1.54, 1.807) is 30.5 Å². The molecule has 0 bridgehead atoms. The summed E-state index contributed by atoms with van der Waals surface area (Å²) < 4.78 is 39.9. The summed E-state index contributed by atoms with van der Waals surface area (Å²) in [5, 5.41) is 18.6. The van der Waals surface area contributed by atoms with Gasteiger partial charge in [-0.1, -0.05) is 12.1 Å². The number of halogens is 3. The maximum Gasteiger partial charge on any atom is 0.417 e. The van der Waals surface area contributed by atoms with Crippen molar-refractivity contribution >= 4 is 34.2 Å². The van der Waals surface area contributed by atoms with Gasteiger partial charge in [-0.3, -0.25) is 14.7 Å². The van der Waals surface area contributed by atoms with Crippen molar-refractivity contribution in [1.29, 1.82) is 0 Å². The van der Waals surface area contributed by atoms with Crippen molar-refractivity contribution in [2.45, 2.75) is 6.18 Å². The highest BCUT2D eigenvalue weighted by Gasteiger charge is 2.36. The predicted octanol–water partition coefficient (Wildman–Crippen LogP) is 3.59. The number of fused-ring (bicyclic) bond motifs is 1. The van der Waals surface area contributed by atoms with Gasteiger partial charge in [0.15, 0.2) is 11.5 Å². The Morgan fingerprint density at radius 3 is 2.44 bits per heavy atom. The molecule has 0 atom stereocenters. The van der Waals surface area contributed by atoms with E-state index >= 15 is 0 Å². The van der Waals surface area contributed by atoms with Crippen molar-refractivity contribution in [1.82, 2.24) is 25.3 Å². The highest BCUT2D eigenvalue weighted by atomic mass is 19.4. The average Bonchev–Trinajstić information content (AvgIpc) is 3.36. The molecule has 184 valence electrons. The van der Waals surface area contributed by atoms with Gasteiger partial charge < -0.3 is 15.1 Å². The quantitative estimate of drug-likeness (QED) is 0.448. The SMILES string of the molecule is O=C(Nc1ccc2cn[nH]c2c1)c1ccc(N2CCN(C(=O)c3ccccc3C(F)(F)F)CC2)nn1. The smallest absolute Gasteiger partial charge is 0.352 e. The number of nitrogens with one attached hydrogen (secondary N) is 2. The fourth-order valence-electron chi connectivity index (χ4n) is 4.05. The van der Waals surface area contributed by atoms with Crippen LogP contribution in [-0.2, 0) is 6.18 Å². The van der Waals surface area contributed by atoms with Crippen LogP contribution in [0.15, 0.2) is 60.8 Å². The van der Waals surface area contributed by atoms with Crippen LogP contribution < -0.4 is 10.2 Å². The normalized spacial score (nSPS) is 14.2. The molecule has 1 aliphatic heterocycles. The molecule has 0 saturated carbocycles. The van der Waals surface area contributed by atoms with Crippen molar-refractivity contribution in [3.63, 3.8) is 0 Å². The third-order valence-corrected chi connectivity index (χ3v) is 5.94. The van der Waals surface area contributed by atoms with Crippen LogP contribution in [0.2, 0.25) is 0 Å². The standard InChI is InChI=1S/C24H20F3N7O2/c25-24(26,27)18-4-2-1-3-17(18)23(36)34-11-9-33(10-12-34)21-8-7-19(31-32-21)22(35)29-16-6-5-15-14-28-30-20(15)13-16/h1-8,13-14H,9-12H2,(H,28,30)(H,29,35). The first-order valence-corrected chi connectivity index (χ1v) is 11.1. The second-order valence-corrected chi connectivity index (χ2v) is 8.23. The van der Waals surface area contributed by atoms with Gasteiger partial charge in [0, 0.05) is 37.3 Å². The Hall–Kier alpha value is -4.48. The molecule has 5 rings (SSSR count). The number of nitrogens with zero attached hydrogens (tertiary/aromatic N) is 5. The zero-order chi connectivity index (χ0) is 25.3. The molecule has 1 saturated heterocycles. The number of benzene rings is 2. The number of H-pyrrole nitrogens is 1. The number of piperazine rings is 1. The van der Waals surface area contributed by atoms with Crippen molar-refractivity contribution in [2.75, 3.05) is 36.4 Å². The summed E-state index contributed by atoms with van der Waals surface area (Å²) in [4.78, 5) is 28.6. The lowest BCUT2D eigenvalue weighted by Crippen LogP contribution is -2.49. The van der Waals surface area contributed by atoms with E-state index in [2.05, 4.69) is 25.7 Å². The molecule has 2 amide bonds. The Bertz CT molecular complexity index is 1410. The van der Waals surface area contributed by atoms with E-state index in [0.29, 0.717) is 24.6 Å². The summed E-state index contributed by atoms with van der Waals surface area (Å²) in [6.07, 6.45) is -2.92. The molecule has 1 fully saturated rings. The van der Waals surface area contributed by atoms with Crippen LogP contribution in [-0.4, -0.2) is 63.3 Å². The van der Waals surface area contributed by atoms with Gasteiger partial charge in [0.1, 0.15) is 0 Å². The van der Waals surface area contributed by atoms with Gasteiger partial charge in [-0.15, -0.1) is 10.2 Å². The number of carbonyl (C=O) groups excluding carboxylic acids is 2. The highest BCUT2D eigenvalue weighted by Crippen LogP contribution is 2.32. The average molecular weight is 495 g/mol. The number of rotatable bonds is 4. The third kappa shape index (κ3) is 4.69. The first kappa shape index (κ1) is 23.3. The van der Waals surface area contributed by atoms with Crippen LogP contribution in [0.5, 0.6) is 0 Å². The molecule has 9 nitrogen and oxygen atoms in total. The molecule has 2 aromatic heterocycles. The Labute approximate surface area is 202 Å². The van der Waals surface area contributed by atoms with E-state index in [-0.39, 0.29) is 24.3 Å². The Kier molecular flexibility index (Phi) is 6.00. The lowest BCUT2D eigenvalue weighted by atomic mass is 10.1. The summed E-state index contributed by atoms with van der Waals surface area (Å²) in [5.41, 5.74) is 0.187. The minimum Gasteiger partial charge on any atom is -0.352 e.